The maximum Gasteiger partial charge on any atom is 0.235 e. The lowest BCUT2D eigenvalue weighted by Crippen LogP contribution is -2.04. The number of aromatic nitrogens is 3. The molecule has 1 aliphatic rings. The van der Waals surface area contributed by atoms with Crippen molar-refractivity contribution in [2.24, 2.45) is 5.73 Å². The van der Waals surface area contributed by atoms with E-state index in [1.807, 2.05) is 36.5 Å². The Balaban J connectivity index is 2.04. The number of hydrogen-bond donors (Lipinski definition) is 1. The van der Waals surface area contributed by atoms with Crippen LogP contribution in [0.5, 0.6) is 0 Å². The van der Waals surface area contributed by atoms with Crippen LogP contribution < -0.4 is 5.73 Å². The van der Waals surface area contributed by atoms with E-state index in [4.69, 9.17) is 5.73 Å². The number of benzene rings is 1. The predicted molar refractivity (Wildman–Crippen MR) is 80.0 cm³/mol. The SMILES string of the molecule is NC1=CC=C(c2ccnc3nc4ccccc4n23)CC1. The minimum Gasteiger partial charge on any atom is -0.402 e. The first kappa shape index (κ1) is 11.2. The Labute approximate surface area is 116 Å². The molecule has 0 unspecified atom stereocenters. The van der Waals surface area contributed by atoms with Crippen molar-refractivity contribution in [3.8, 4) is 0 Å². The first-order valence-corrected chi connectivity index (χ1v) is 6.71. The Morgan fingerprint density at radius 3 is 2.80 bits per heavy atom. The number of fused-ring (bicyclic) bond motifs is 3. The third-order valence-electron chi connectivity index (χ3n) is 3.72. The fourth-order valence-corrected chi connectivity index (χ4v) is 2.70. The molecule has 1 aliphatic carbocycles. The van der Waals surface area contributed by atoms with Crippen molar-refractivity contribution in [2.75, 3.05) is 0 Å². The van der Waals surface area contributed by atoms with E-state index in [0.717, 1.165) is 41.0 Å². The van der Waals surface area contributed by atoms with E-state index in [0.29, 0.717) is 0 Å². The molecular formula is C16H14N4. The van der Waals surface area contributed by atoms with Crippen LogP contribution in [0.2, 0.25) is 0 Å². The van der Waals surface area contributed by atoms with Crippen LogP contribution in [0.25, 0.3) is 22.4 Å². The van der Waals surface area contributed by atoms with E-state index in [9.17, 15) is 0 Å². The summed E-state index contributed by atoms with van der Waals surface area (Å²) in [5.74, 6) is 0.743. The smallest absolute Gasteiger partial charge is 0.235 e. The molecule has 0 radical (unpaired) electrons. The fraction of sp³-hybridized carbons (Fsp3) is 0.125. The number of imidazole rings is 1. The first-order valence-electron chi connectivity index (χ1n) is 6.71. The van der Waals surface area contributed by atoms with E-state index >= 15 is 0 Å². The van der Waals surface area contributed by atoms with Crippen LogP contribution in [-0.4, -0.2) is 14.4 Å². The van der Waals surface area contributed by atoms with Gasteiger partial charge in [-0.05, 0) is 42.7 Å². The van der Waals surface area contributed by atoms with Crippen molar-refractivity contribution < 1.29 is 0 Å². The van der Waals surface area contributed by atoms with Crippen molar-refractivity contribution in [3.63, 3.8) is 0 Å². The average Bonchev–Trinajstić information content (AvgIpc) is 2.86. The first-order chi connectivity index (χ1) is 9.83. The third kappa shape index (κ3) is 1.61. The van der Waals surface area contributed by atoms with E-state index in [1.54, 1.807) is 0 Å². The standard InChI is InChI=1S/C16H14N4/c17-12-7-5-11(6-8-12)14-9-10-18-16-19-13-3-1-2-4-15(13)20(14)16/h1-5,7,9-10H,6,8,17H2. The molecule has 0 saturated heterocycles. The maximum atomic E-state index is 5.84. The summed E-state index contributed by atoms with van der Waals surface area (Å²) in [6.07, 6.45) is 7.77. The molecule has 0 aliphatic heterocycles. The summed E-state index contributed by atoms with van der Waals surface area (Å²) >= 11 is 0. The molecule has 2 aromatic heterocycles. The van der Waals surface area contributed by atoms with E-state index in [-0.39, 0.29) is 0 Å². The number of nitrogens with zero attached hydrogens (tertiary/aromatic N) is 3. The quantitative estimate of drug-likeness (QED) is 0.733. The van der Waals surface area contributed by atoms with Gasteiger partial charge in [-0.25, -0.2) is 9.97 Å². The Morgan fingerprint density at radius 1 is 1.05 bits per heavy atom. The molecule has 0 bridgehead atoms. The number of para-hydroxylation sites is 2. The summed E-state index contributed by atoms with van der Waals surface area (Å²) in [5.41, 5.74) is 11.3. The van der Waals surface area contributed by atoms with Crippen LogP contribution in [0, 0.1) is 0 Å². The average molecular weight is 262 g/mol. The minimum atomic E-state index is 0.743. The van der Waals surface area contributed by atoms with Gasteiger partial charge in [-0.1, -0.05) is 18.2 Å². The topological polar surface area (TPSA) is 56.2 Å². The van der Waals surface area contributed by atoms with Gasteiger partial charge < -0.3 is 5.73 Å². The second-order valence-corrected chi connectivity index (χ2v) is 5.00. The van der Waals surface area contributed by atoms with Crippen LogP contribution in [0.15, 0.2) is 54.4 Å². The van der Waals surface area contributed by atoms with E-state index in [1.165, 1.54) is 5.57 Å². The number of allylic oxidation sites excluding steroid dienone is 4. The number of hydrogen-bond acceptors (Lipinski definition) is 3. The molecule has 0 atom stereocenters. The molecule has 0 spiro atoms. The lowest BCUT2D eigenvalue weighted by molar-refractivity contribution is 0.944. The molecule has 20 heavy (non-hydrogen) atoms. The van der Waals surface area contributed by atoms with E-state index < -0.39 is 0 Å². The van der Waals surface area contributed by atoms with E-state index in [2.05, 4.69) is 26.5 Å². The van der Waals surface area contributed by atoms with Gasteiger partial charge in [-0.3, -0.25) is 4.40 Å². The molecule has 2 heterocycles. The summed E-state index contributed by atoms with van der Waals surface area (Å²) < 4.78 is 2.12. The summed E-state index contributed by atoms with van der Waals surface area (Å²) in [6.45, 7) is 0. The lowest BCUT2D eigenvalue weighted by atomic mass is 10.00. The Bertz CT molecular complexity index is 870. The number of nitrogens with two attached hydrogens (primary N) is 1. The van der Waals surface area contributed by atoms with Gasteiger partial charge in [0, 0.05) is 11.9 Å². The van der Waals surface area contributed by atoms with Crippen molar-refractivity contribution in [3.05, 3.63) is 60.1 Å². The Morgan fingerprint density at radius 2 is 1.95 bits per heavy atom. The van der Waals surface area contributed by atoms with Crippen molar-refractivity contribution in [1.29, 1.82) is 0 Å². The molecule has 3 aromatic rings. The van der Waals surface area contributed by atoms with Crippen molar-refractivity contribution in [1.82, 2.24) is 14.4 Å². The fourth-order valence-electron chi connectivity index (χ4n) is 2.70. The molecule has 4 rings (SSSR count). The van der Waals surface area contributed by atoms with Crippen LogP contribution in [-0.2, 0) is 0 Å². The zero-order valence-corrected chi connectivity index (χ0v) is 11.0. The zero-order valence-electron chi connectivity index (χ0n) is 11.0. The normalized spacial score (nSPS) is 15.4. The van der Waals surface area contributed by atoms with Crippen LogP contribution in [0.1, 0.15) is 18.5 Å². The molecule has 2 N–H and O–H groups in total. The Kier molecular flexibility index (Phi) is 2.36. The zero-order chi connectivity index (χ0) is 13.5. The van der Waals surface area contributed by atoms with Gasteiger partial charge in [0.2, 0.25) is 5.78 Å². The summed E-state index contributed by atoms with van der Waals surface area (Å²) in [4.78, 5) is 8.94. The molecule has 98 valence electrons. The van der Waals surface area contributed by atoms with Gasteiger partial charge in [0.05, 0.1) is 16.7 Å². The highest BCUT2D eigenvalue weighted by molar-refractivity contribution is 5.82. The van der Waals surface area contributed by atoms with Gasteiger partial charge >= 0.3 is 0 Å². The second kappa shape index (κ2) is 4.20. The van der Waals surface area contributed by atoms with Crippen LogP contribution in [0.4, 0.5) is 0 Å². The monoisotopic (exact) mass is 262 g/mol. The minimum absolute atomic E-state index is 0.743. The highest BCUT2D eigenvalue weighted by atomic mass is 15.1. The summed E-state index contributed by atoms with van der Waals surface area (Å²) in [7, 11) is 0. The van der Waals surface area contributed by atoms with Gasteiger partial charge in [0.15, 0.2) is 0 Å². The predicted octanol–water partition coefficient (Wildman–Crippen LogP) is 2.90. The van der Waals surface area contributed by atoms with Crippen molar-refractivity contribution >= 4 is 22.4 Å². The largest absolute Gasteiger partial charge is 0.402 e. The molecular weight excluding hydrogens is 248 g/mol. The maximum absolute atomic E-state index is 5.84. The van der Waals surface area contributed by atoms with Crippen molar-refractivity contribution in [2.45, 2.75) is 12.8 Å². The van der Waals surface area contributed by atoms with Gasteiger partial charge in [0.1, 0.15) is 0 Å². The Hall–Kier alpha value is -2.62. The molecule has 0 saturated carbocycles. The highest BCUT2D eigenvalue weighted by Crippen LogP contribution is 2.27. The van der Waals surface area contributed by atoms with Gasteiger partial charge in [-0.2, -0.15) is 0 Å². The molecule has 0 amide bonds. The third-order valence-corrected chi connectivity index (χ3v) is 3.72. The molecule has 1 aromatic carbocycles. The summed E-state index contributed by atoms with van der Waals surface area (Å²) in [6, 6.07) is 10.2. The van der Waals surface area contributed by atoms with Gasteiger partial charge in [0.25, 0.3) is 0 Å². The van der Waals surface area contributed by atoms with Crippen LogP contribution >= 0.6 is 0 Å². The molecule has 4 heteroatoms. The number of rotatable bonds is 1. The second-order valence-electron chi connectivity index (χ2n) is 5.00. The molecule has 4 nitrogen and oxygen atoms in total. The lowest BCUT2D eigenvalue weighted by Gasteiger charge is -2.13. The van der Waals surface area contributed by atoms with Gasteiger partial charge in [-0.15, -0.1) is 0 Å². The highest BCUT2D eigenvalue weighted by Gasteiger charge is 2.13. The van der Waals surface area contributed by atoms with Crippen LogP contribution in [0.3, 0.4) is 0 Å². The molecule has 0 fully saturated rings. The summed E-state index contributed by atoms with van der Waals surface area (Å²) in [5, 5.41) is 0.